The summed E-state index contributed by atoms with van der Waals surface area (Å²) in [6.45, 7) is 2.78. The summed E-state index contributed by atoms with van der Waals surface area (Å²) in [5, 5.41) is 9.88. The van der Waals surface area contributed by atoms with Crippen LogP contribution in [0.1, 0.15) is 35.2 Å². The molecule has 0 bridgehead atoms. The van der Waals surface area contributed by atoms with Gasteiger partial charge in [-0.05, 0) is 56.0 Å². The van der Waals surface area contributed by atoms with Gasteiger partial charge >= 0.3 is 0 Å². The SMILES string of the molecule is Cc1ccc(C(=O)N2CCCC(O)CC2)c(NS(=O)(=O)c2cccc3nccnc23)c1. The lowest BCUT2D eigenvalue weighted by molar-refractivity contribution is 0.0754. The maximum atomic E-state index is 13.2. The van der Waals surface area contributed by atoms with E-state index >= 15 is 0 Å². The summed E-state index contributed by atoms with van der Waals surface area (Å²) >= 11 is 0. The number of aliphatic hydroxyl groups excluding tert-OH is 1. The highest BCUT2D eigenvalue weighted by molar-refractivity contribution is 7.93. The third-order valence-corrected chi connectivity index (χ3v) is 6.78. The number of aryl methyl sites for hydroxylation is 1. The second kappa shape index (κ2) is 8.60. The zero-order valence-corrected chi connectivity index (χ0v) is 18.0. The van der Waals surface area contributed by atoms with Crippen molar-refractivity contribution in [3.8, 4) is 0 Å². The van der Waals surface area contributed by atoms with Gasteiger partial charge < -0.3 is 10.0 Å². The molecule has 1 unspecified atom stereocenters. The standard InChI is InChI=1S/C22H24N4O4S/c1-15-7-8-17(22(28)26-12-3-4-16(27)9-13-26)19(14-15)25-31(29,30)20-6-2-5-18-21(20)24-11-10-23-18/h2,5-8,10-11,14,16,25,27H,3-4,9,12-13H2,1H3. The number of carbonyl (C=O) groups excluding carboxylic acids is 1. The Morgan fingerprint density at radius 1 is 1.13 bits per heavy atom. The van der Waals surface area contributed by atoms with Gasteiger partial charge in [0.15, 0.2) is 0 Å². The first-order valence-corrected chi connectivity index (χ1v) is 11.6. The fourth-order valence-electron chi connectivity index (χ4n) is 3.76. The van der Waals surface area contributed by atoms with Crippen molar-refractivity contribution in [1.82, 2.24) is 14.9 Å². The maximum Gasteiger partial charge on any atom is 0.264 e. The van der Waals surface area contributed by atoms with Gasteiger partial charge in [0.2, 0.25) is 0 Å². The summed E-state index contributed by atoms with van der Waals surface area (Å²) < 4.78 is 29.1. The van der Waals surface area contributed by atoms with Gasteiger partial charge in [0.05, 0.1) is 22.9 Å². The second-order valence-corrected chi connectivity index (χ2v) is 9.36. The number of carbonyl (C=O) groups is 1. The number of fused-ring (bicyclic) bond motifs is 1. The van der Waals surface area contributed by atoms with Crippen LogP contribution in [0.25, 0.3) is 11.0 Å². The molecule has 1 aliphatic rings. The number of amides is 1. The normalized spacial score (nSPS) is 17.4. The van der Waals surface area contributed by atoms with Gasteiger partial charge in [0.25, 0.3) is 15.9 Å². The van der Waals surface area contributed by atoms with Gasteiger partial charge in [0, 0.05) is 25.5 Å². The van der Waals surface area contributed by atoms with Gasteiger partial charge in [-0.15, -0.1) is 0 Å². The lowest BCUT2D eigenvalue weighted by Crippen LogP contribution is -2.33. The third kappa shape index (κ3) is 4.52. The number of benzene rings is 2. The first kappa shape index (κ1) is 21.2. The van der Waals surface area contributed by atoms with Gasteiger partial charge in [-0.3, -0.25) is 19.5 Å². The van der Waals surface area contributed by atoms with Gasteiger partial charge in [-0.1, -0.05) is 12.1 Å². The van der Waals surface area contributed by atoms with Crippen molar-refractivity contribution in [2.24, 2.45) is 0 Å². The molecule has 0 aliphatic carbocycles. The molecule has 0 radical (unpaired) electrons. The lowest BCUT2D eigenvalue weighted by Gasteiger charge is -2.22. The smallest absolute Gasteiger partial charge is 0.264 e. The number of anilines is 1. The molecule has 2 aromatic carbocycles. The largest absolute Gasteiger partial charge is 0.393 e. The molecule has 2 heterocycles. The van der Waals surface area contributed by atoms with Crippen LogP contribution in [0.15, 0.2) is 53.7 Å². The number of hydrogen-bond acceptors (Lipinski definition) is 6. The Morgan fingerprint density at radius 2 is 1.94 bits per heavy atom. The number of para-hydroxylation sites is 1. The molecule has 162 valence electrons. The van der Waals surface area contributed by atoms with Crippen LogP contribution < -0.4 is 4.72 Å². The van der Waals surface area contributed by atoms with Crippen LogP contribution in [-0.4, -0.2) is 53.5 Å². The minimum Gasteiger partial charge on any atom is -0.393 e. The van der Waals surface area contributed by atoms with Gasteiger partial charge in [-0.25, -0.2) is 8.42 Å². The predicted molar refractivity (Wildman–Crippen MR) is 117 cm³/mol. The summed E-state index contributed by atoms with van der Waals surface area (Å²) in [6.07, 6.45) is 4.39. The molecule has 0 saturated carbocycles. The number of aliphatic hydroxyl groups is 1. The van der Waals surface area contributed by atoms with E-state index in [1.54, 1.807) is 35.2 Å². The molecule has 0 spiro atoms. The number of rotatable bonds is 4. The van der Waals surface area contributed by atoms with E-state index in [1.165, 1.54) is 18.5 Å². The Labute approximate surface area is 181 Å². The van der Waals surface area contributed by atoms with Crippen LogP contribution in [0.3, 0.4) is 0 Å². The van der Waals surface area contributed by atoms with Crippen molar-refractivity contribution in [2.75, 3.05) is 17.8 Å². The zero-order valence-electron chi connectivity index (χ0n) is 17.2. The third-order valence-electron chi connectivity index (χ3n) is 5.39. The molecule has 9 heteroatoms. The molecular formula is C22H24N4O4S. The van der Waals surface area contributed by atoms with E-state index in [0.29, 0.717) is 37.9 Å². The molecule has 1 atom stereocenters. The van der Waals surface area contributed by atoms with Gasteiger partial charge in [-0.2, -0.15) is 0 Å². The van der Waals surface area contributed by atoms with Crippen molar-refractivity contribution < 1.29 is 18.3 Å². The van der Waals surface area contributed by atoms with E-state index in [1.807, 2.05) is 6.92 Å². The lowest BCUT2D eigenvalue weighted by atomic mass is 10.1. The van der Waals surface area contributed by atoms with E-state index in [4.69, 9.17) is 0 Å². The van der Waals surface area contributed by atoms with E-state index in [2.05, 4.69) is 14.7 Å². The van der Waals surface area contributed by atoms with Crippen molar-refractivity contribution in [3.05, 3.63) is 59.9 Å². The zero-order chi connectivity index (χ0) is 22.0. The molecule has 1 saturated heterocycles. The van der Waals surface area contributed by atoms with E-state index in [9.17, 15) is 18.3 Å². The average Bonchev–Trinajstić information content (AvgIpc) is 2.97. The molecule has 3 aromatic rings. The Kier molecular flexibility index (Phi) is 5.88. The molecule has 1 fully saturated rings. The topological polar surface area (TPSA) is 112 Å². The van der Waals surface area contributed by atoms with E-state index in [0.717, 1.165) is 5.56 Å². The monoisotopic (exact) mass is 440 g/mol. The van der Waals surface area contributed by atoms with E-state index < -0.39 is 16.1 Å². The predicted octanol–water partition coefficient (Wildman–Crippen LogP) is 2.73. The maximum absolute atomic E-state index is 13.2. The summed E-state index contributed by atoms with van der Waals surface area (Å²) in [5.41, 5.74) is 2.04. The number of nitrogens with one attached hydrogen (secondary N) is 1. The molecule has 31 heavy (non-hydrogen) atoms. The van der Waals surface area contributed by atoms with E-state index in [-0.39, 0.29) is 27.6 Å². The number of sulfonamides is 1. The molecular weight excluding hydrogens is 416 g/mol. The van der Waals surface area contributed by atoms with Gasteiger partial charge in [0.1, 0.15) is 10.4 Å². The Hall–Kier alpha value is -3.04. The Morgan fingerprint density at radius 3 is 2.77 bits per heavy atom. The Bertz CT molecular complexity index is 1220. The highest BCUT2D eigenvalue weighted by Crippen LogP contribution is 2.26. The van der Waals surface area contributed by atoms with Crippen LogP contribution in [0, 0.1) is 6.92 Å². The quantitative estimate of drug-likeness (QED) is 0.645. The van der Waals surface area contributed by atoms with Crippen molar-refractivity contribution in [3.63, 3.8) is 0 Å². The summed E-state index contributed by atoms with van der Waals surface area (Å²) in [7, 11) is -4.02. The number of nitrogens with zero attached hydrogens (tertiary/aromatic N) is 3. The fraction of sp³-hybridized carbons (Fsp3) is 0.318. The van der Waals surface area contributed by atoms with Crippen molar-refractivity contribution in [1.29, 1.82) is 0 Å². The molecule has 8 nitrogen and oxygen atoms in total. The van der Waals surface area contributed by atoms with Crippen molar-refractivity contribution >= 4 is 32.7 Å². The highest BCUT2D eigenvalue weighted by Gasteiger charge is 2.25. The van der Waals surface area contributed by atoms with Crippen LogP contribution in [0.2, 0.25) is 0 Å². The Balaban J connectivity index is 1.70. The van der Waals surface area contributed by atoms with Crippen LogP contribution in [-0.2, 0) is 10.0 Å². The number of likely N-dealkylation sites (tertiary alicyclic amines) is 1. The second-order valence-electron chi connectivity index (χ2n) is 7.71. The fourth-order valence-corrected chi connectivity index (χ4v) is 5.00. The first-order chi connectivity index (χ1) is 14.8. The van der Waals surface area contributed by atoms with Crippen LogP contribution in [0.4, 0.5) is 5.69 Å². The minimum absolute atomic E-state index is 0.00380. The molecule has 4 rings (SSSR count). The van der Waals surface area contributed by atoms with Crippen LogP contribution in [0.5, 0.6) is 0 Å². The number of hydrogen-bond donors (Lipinski definition) is 2. The summed E-state index contributed by atoms with van der Waals surface area (Å²) in [5.74, 6) is -0.260. The first-order valence-electron chi connectivity index (χ1n) is 10.2. The van der Waals surface area contributed by atoms with Crippen LogP contribution >= 0.6 is 0 Å². The summed E-state index contributed by atoms with van der Waals surface area (Å²) in [4.78, 5) is 23.2. The molecule has 1 amide bonds. The minimum atomic E-state index is -4.02. The average molecular weight is 441 g/mol. The molecule has 1 aliphatic heterocycles. The van der Waals surface area contributed by atoms with Crippen molar-refractivity contribution in [2.45, 2.75) is 37.2 Å². The molecule has 1 aromatic heterocycles. The molecule has 2 N–H and O–H groups in total. The highest BCUT2D eigenvalue weighted by atomic mass is 32.2. The number of aromatic nitrogens is 2. The summed E-state index contributed by atoms with van der Waals surface area (Å²) in [6, 6.07) is 9.83.